The maximum atomic E-state index is 12.4. The minimum absolute atomic E-state index is 0.0974. The molecule has 1 unspecified atom stereocenters. The highest BCUT2D eigenvalue weighted by molar-refractivity contribution is 8.02. The van der Waals surface area contributed by atoms with Crippen LogP contribution in [0.15, 0.2) is 28.6 Å². The van der Waals surface area contributed by atoms with Gasteiger partial charge in [-0.1, -0.05) is 60.1 Å². The first-order valence-corrected chi connectivity index (χ1v) is 10.4. The van der Waals surface area contributed by atoms with Crippen LogP contribution >= 0.6 is 23.1 Å². The van der Waals surface area contributed by atoms with E-state index in [-0.39, 0.29) is 11.2 Å². The maximum absolute atomic E-state index is 12.4. The number of anilines is 2. The number of benzene rings is 1. The number of amides is 1. The summed E-state index contributed by atoms with van der Waals surface area (Å²) in [6.07, 6.45) is 5.94. The fourth-order valence-electron chi connectivity index (χ4n) is 2.84. The van der Waals surface area contributed by atoms with Crippen molar-refractivity contribution < 1.29 is 4.79 Å². The number of hydrogen-bond acceptors (Lipinski definition) is 6. The highest BCUT2D eigenvalue weighted by Crippen LogP contribution is 2.30. The van der Waals surface area contributed by atoms with E-state index in [1.807, 2.05) is 19.1 Å². The van der Waals surface area contributed by atoms with Crippen molar-refractivity contribution in [2.24, 2.45) is 0 Å². The minimum Gasteiger partial charge on any atom is -0.352 e. The molecule has 1 saturated carbocycles. The van der Waals surface area contributed by atoms with Crippen molar-refractivity contribution >= 4 is 39.8 Å². The predicted molar refractivity (Wildman–Crippen MR) is 105 cm³/mol. The topological polar surface area (TPSA) is 66.9 Å². The monoisotopic (exact) mass is 376 g/mol. The number of aryl methyl sites for hydroxylation is 1. The summed E-state index contributed by atoms with van der Waals surface area (Å²) >= 11 is 2.94. The Morgan fingerprint density at radius 2 is 1.92 bits per heavy atom. The Labute approximate surface area is 157 Å². The van der Waals surface area contributed by atoms with Gasteiger partial charge in [0.2, 0.25) is 11.0 Å². The molecule has 0 radical (unpaired) electrons. The van der Waals surface area contributed by atoms with Gasteiger partial charge in [-0.15, -0.1) is 10.2 Å². The first-order chi connectivity index (χ1) is 12.1. The van der Waals surface area contributed by atoms with Gasteiger partial charge in [-0.25, -0.2) is 0 Å². The van der Waals surface area contributed by atoms with Gasteiger partial charge < -0.3 is 10.6 Å². The van der Waals surface area contributed by atoms with Gasteiger partial charge in [-0.3, -0.25) is 4.79 Å². The van der Waals surface area contributed by atoms with Crippen LogP contribution in [0.25, 0.3) is 0 Å². The Hall–Kier alpha value is -1.60. The first kappa shape index (κ1) is 18.2. The molecular formula is C18H24N4OS2. The van der Waals surface area contributed by atoms with E-state index >= 15 is 0 Å². The van der Waals surface area contributed by atoms with Crippen LogP contribution in [0.4, 0.5) is 10.8 Å². The van der Waals surface area contributed by atoms with Crippen LogP contribution in [-0.2, 0) is 4.79 Å². The Morgan fingerprint density at radius 3 is 2.64 bits per heavy atom. The number of hydrogen-bond donors (Lipinski definition) is 2. The summed E-state index contributed by atoms with van der Waals surface area (Å²) in [6.45, 7) is 3.99. The number of carbonyl (C=O) groups excluding carboxylic acids is 1. The van der Waals surface area contributed by atoms with Crippen LogP contribution in [0.1, 0.15) is 44.6 Å². The van der Waals surface area contributed by atoms with E-state index in [2.05, 4.69) is 39.9 Å². The second-order valence-electron chi connectivity index (χ2n) is 6.47. The maximum Gasteiger partial charge on any atom is 0.233 e. The molecule has 1 aliphatic carbocycles. The number of aromatic nitrogens is 2. The molecule has 3 rings (SSSR count). The van der Waals surface area contributed by atoms with Crippen molar-refractivity contribution in [1.82, 2.24) is 15.5 Å². The summed E-state index contributed by atoms with van der Waals surface area (Å²) < 4.78 is 0.806. The quantitative estimate of drug-likeness (QED) is 0.726. The highest BCUT2D eigenvalue weighted by atomic mass is 32.2. The highest BCUT2D eigenvalue weighted by Gasteiger charge is 2.21. The normalized spacial score (nSPS) is 16.4. The van der Waals surface area contributed by atoms with E-state index in [9.17, 15) is 4.79 Å². The van der Waals surface area contributed by atoms with E-state index in [1.165, 1.54) is 47.9 Å². The first-order valence-electron chi connectivity index (χ1n) is 8.74. The molecule has 7 heteroatoms. The molecule has 1 amide bonds. The zero-order valence-corrected chi connectivity index (χ0v) is 16.3. The molecule has 0 spiro atoms. The van der Waals surface area contributed by atoms with Gasteiger partial charge >= 0.3 is 0 Å². The van der Waals surface area contributed by atoms with Crippen LogP contribution < -0.4 is 10.6 Å². The minimum atomic E-state index is -0.165. The van der Waals surface area contributed by atoms with E-state index in [4.69, 9.17) is 0 Å². The smallest absolute Gasteiger partial charge is 0.233 e. The van der Waals surface area contributed by atoms with Crippen molar-refractivity contribution in [1.29, 1.82) is 0 Å². The molecule has 2 N–H and O–H groups in total. The Morgan fingerprint density at radius 1 is 1.20 bits per heavy atom. The van der Waals surface area contributed by atoms with Gasteiger partial charge in [0.15, 0.2) is 4.34 Å². The molecule has 1 atom stereocenters. The third-order valence-electron chi connectivity index (χ3n) is 4.31. The molecule has 1 aromatic carbocycles. The predicted octanol–water partition coefficient (Wildman–Crippen LogP) is 4.52. The number of carbonyl (C=O) groups is 1. The fraction of sp³-hybridized carbons (Fsp3) is 0.500. The summed E-state index contributed by atoms with van der Waals surface area (Å²) in [5.41, 5.74) is 2.21. The van der Waals surface area contributed by atoms with Crippen molar-refractivity contribution in [2.45, 2.75) is 61.6 Å². The third kappa shape index (κ3) is 5.44. The standard InChI is InChI=1S/C18H24N4OS2/c1-12-8-10-15(11-9-12)20-17-21-22-18(25-17)24-13(2)16(23)19-14-6-4-3-5-7-14/h8-11,13-14H,3-7H2,1-2H3,(H,19,23)(H,20,21). The zero-order chi connectivity index (χ0) is 17.6. The summed E-state index contributed by atoms with van der Waals surface area (Å²) in [7, 11) is 0. The van der Waals surface area contributed by atoms with Crippen LogP contribution in [0.2, 0.25) is 0 Å². The molecule has 25 heavy (non-hydrogen) atoms. The van der Waals surface area contributed by atoms with Gasteiger partial charge in [-0.05, 0) is 38.8 Å². The molecule has 134 valence electrons. The molecule has 1 aliphatic rings. The summed E-state index contributed by atoms with van der Waals surface area (Å²) in [5, 5.41) is 15.4. The van der Waals surface area contributed by atoms with E-state index in [1.54, 1.807) is 0 Å². The summed E-state index contributed by atoms with van der Waals surface area (Å²) in [6, 6.07) is 8.48. The average molecular weight is 377 g/mol. The molecule has 0 aliphatic heterocycles. The van der Waals surface area contributed by atoms with Crippen LogP contribution in [0, 0.1) is 6.92 Å². The second kappa shape index (κ2) is 8.67. The SMILES string of the molecule is Cc1ccc(Nc2nnc(SC(C)C(=O)NC3CCCCC3)s2)cc1. The molecule has 0 saturated heterocycles. The molecule has 2 aromatic rings. The van der Waals surface area contributed by atoms with Gasteiger partial charge in [0.05, 0.1) is 5.25 Å². The average Bonchev–Trinajstić information content (AvgIpc) is 3.04. The van der Waals surface area contributed by atoms with Crippen LogP contribution in [0.3, 0.4) is 0 Å². The van der Waals surface area contributed by atoms with E-state index in [0.29, 0.717) is 6.04 Å². The lowest BCUT2D eigenvalue weighted by atomic mass is 9.95. The van der Waals surface area contributed by atoms with E-state index in [0.717, 1.165) is 28.0 Å². The Balaban J connectivity index is 1.51. The van der Waals surface area contributed by atoms with Crippen LogP contribution in [-0.4, -0.2) is 27.4 Å². The van der Waals surface area contributed by atoms with Crippen molar-refractivity contribution in [3.8, 4) is 0 Å². The molecule has 0 bridgehead atoms. The second-order valence-corrected chi connectivity index (χ2v) is 9.03. The van der Waals surface area contributed by atoms with E-state index < -0.39 is 0 Å². The molecule has 1 heterocycles. The zero-order valence-electron chi connectivity index (χ0n) is 14.6. The van der Waals surface area contributed by atoms with Gasteiger partial charge in [0.25, 0.3) is 0 Å². The lowest BCUT2D eigenvalue weighted by Gasteiger charge is -2.24. The number of rotatable bonds is 6. The molecule has 5 nitrogen and oxygen atoms in total. The molecule has 1 fully saturated rings. The van der Waals surface area contributed by atoms with Crippen molar-refractivity contribution in [2.75, 3.05) is 5.32 Å². The van der Waals surface area contributed by atoms with Gasteiger partial charge in [-0.2, -0.15) is 0 Å². The Kier molecular flexibility index (Phi) is 6.31. The molecular weight excluding hydrogens is 352 g/mol. The van der Waals surface area contributed by atoms with Crippen LogP contribution in [0.5, 0.6) is 0 Å². The summed E-state index contributed by atoms with van der Waals surface area (Å²) in [4.78, 5) is 12.4. The lowest BCUT2D eigenvalue weighted by Crippen LogP contribution is -2.40. The van der Waals surface area contributed by atoms with Crippen molar-refractivity contribution in [3.63, 3.8) is 0 Å². The number of thioether (sulfide) groups is 1. The summed E-state index contributed by atoms with van der Waals surface area (Å²) in [5.74, 6) is 0.0974. The third-order valence-corrected chi connectivity index (χ3v) is 6.33. The van der Waals surface area contributed by atoms with Gasteiger partial charge in [0.1, 0.15) is 0 Å². The number of nitrogens with one attached hydrogen (secondary N) is 2. The molecule has 1 aromatic heterocycles. The fourth-order valence-corrected chi connectivity index (χ4v) is 4.76. The van der Waals surface area contributed by atoms with Gasteiger partial charge in [0, 0.05) is 11.7 Å². The lowest BCUT2D eigenvalue weighted by molar-refractivity contribution is -0.121. The van der Waals surface area contributed by atoms with Crippen molar-refractivity contribution in [3.05, 3.63) is 29.8 Å². The number of nitrogens with zero attached hydrogens (tertiary/aromatic N) is 2. The largest absolute Gasteiger partial charge is 0.352 e. The Bertz CT molecular complexity index is 695.